The number of carbonyl (C=O) groups excluding carboxylic acids is 1. The van der Waals surface area contributed by atoms with E-state index in [1.165, 1.54) is 0 Å². The van der Waals surface area contributed by atoms with Crippen molar-refractivity contribution in [3.63, 3.8) is 0 Å². The minimum atomic E-state index is -0.0503. The molecule has 23 heavy (non-hydrogen) atoms. The molecule has 0 atom stereocenters. The van der Waals surface area contributed by atoms with E-state index in [4.69, 9.17) is 17.3 Å². The molecule has 1 aliphatic heterocycles. The van der Waals surface area contributed by atoms with Crippen LogP contribution in [0.4, 0.5) is 17.1 Å². The second kappa shape index (κ2) is 6.50. The van der Waals surface area contributed by atoms with Crippen LogP contribution in [0.15, 0.2) is 36.4 Å². The molecule has 2 aromatic carbocycles. The number of hydrogen-bond acceptors (Lipinski definition) is 3. The highest BCUT2D eigenvalue weighted by Gasteiger charge is 2.20. The van der Waals surface area contributed by atoms with Gasteiger partial charge in [-0.25, -0.2) is 0 Å². The summed E-state index contributed by atoms with van der Waals surface area (Å²) in [7, 11) is 0. The number of nitrogen functional groups attached to an aromatic ring is 1. The first-order valence-electron chi connectivity index (χ1n) is 7.73. The summed E-state index contributed by atoms with van der Waals surface area (Å²) in [5, 5.41) is 3.56. The lowest BCUT2D eigenvalue weighted by molar-refractivity contribution is -0.115. The first-order valence-corrected chi connectivity index (χ1v) is 8.10. The van der Waals surface area contributed by atoms with E-state index in [-0.39, 0.29) is 5.91 Å². The second-order valence-electron chi connectivity index (χ2n) is 5.88. The van der Waals surface area contributed by atoms with Gasteiger partial charge in [0.15, 0.2) is 0 Å². The smallest absolute Gasteiger partial charge is 0.243 e. The molecule has 3 rings (SSSR count). The van der Waals surface area contributed by atoms with E-state index in [1.807, 2.05) is 37.3 Å². The highest BCUT2D eigenvalue weighted by molar-refractivity contribution is 6.31. The molecule has 0 fully saturated rings. The van der Waals surface area contributed by atoms with Gasteiger partial charge in [0.05, 0.1) is 6.54 Å². The summed E-state index contributed by atoms with van der Waals surface area (Å²) in [5.74, 6) is -0.0503. The molecule has 3 N–H and O–H groups in total. The summed E-state index contributed by atoms with van der Waals surface area (Å²) >= 11 is 6.00. The monoisotopic (exact) mass is 329 g/mol. The highest BCUT2D eigenvalue weighted by Crippen LogP contribution is 2.31. The molecular formula is C18H20ClN3O. The van der Waals surface area contributed by atoms with Gasteiger partial charge in [0, 0.05) is 28.6 Å². The summed E-state index contributed by atoms with van der Waals surface area (Å²) in [6.45, 7) is 3.11. The zero-order valence-electron chi connectivity index (χ0n) is 13.1. The predicted octanol–water partition coefficient (Wildman–Crippen LogP) is 3.62. The lowest BCUT2D eigenvalue weighted by atomic mass is 10.00. The van der Waals surface area contributed by atoms with E-state index in [0.717, 1.165) is 47.6 Å². The molecule has 0 saturated heterocycles. The third-order valence-electron chi connectivity index (χ3n) is 4.19. The van der Waals surface area contributed by atoms with Crippen LogP contribution in [0.1, 0.15) is 17.5 Å². The Hall–Kier alpha value is -2.20. The van der Waals surface area contributed by atoms with E-state index in [9.17, 15) is 4.79 Å². The van der Waals surface area contributed by atoms with Gasteiger partial charge in [0.1, 0.15) is 0 Å². The number of nitrogens with zero attached hydrogens (tertiary/aromatic N) is 1. The fraction of sp³-hybridized carbons (Fsp3) is 0.278. The molecule has 4 nitrogen and oxygen atoms in total. The summed E-state index contributed by atoms with van der Waals surface area (Å²) in [4.78, 5) is 14.5. The molecule has 0 aliphatic carbocycles. The Morgan fingerprint density at radius 3 is 3.00 bits per heavy atom. The van der Waals surface area contributed by atoms with Crippen LogP contribution in [0.3, 0.4) is 0 Å². The molecule has 1 aliphatic rings. The van der Waals surface area contributed by atoms with Crippen LogP contribution in [0.5, 0.6) is 0 Å². The normalized spacial score (nSPS) is 13.6. The van der Waals surface area contributed by atoms with Crippen LogP contribution < -0.4 is 16.0 Å². The van der Waals surface area contributed by atoms with E-state index in [0.29, 0.717) is 11.6 Å². The second-order valence-corrected chi connectivity index (χ2v) is 6.31. The fourth-order valence-corrected chi connectivity index (χ4v) is 3.16. The van der Waals surface area contributed by atoms with Crippen molar-refractivity contribution in [2.24, 2.45) is 0 Å². The Kier molecular flexibility index (Phi) is 4.44. The highest BCUT2D eigenvalue weighted by atomic mass is 35.5. The molecule has 5 heteroatoms. The van der Waals surface area contributed by atoms with Gasteiger partial charge in [0.25, 0.3) is 0 Å². The van der Waals surface area contributed by atoms with Crippen LogP contribution in [-0.4, -0.2) is 19.0 Å². The van der Waals surface area contributed by atoms with E-state index in [2.05, 4.69) is 10.2 Å². The third-order valence-corrected chi connectivity index (χ3v) is 4.43. The van der Waals surface area contributed by atoms with Crippen molar-refractivity contribution >= 4 is 34.6 Å². The first kappa shape index (κ1) is 15.7. The fourth-order valence-electron chi connectivity index (χ4n) is 2.98. The van der Waals surface area contributed by atoms with Gasteiger partial charge in [0.2, 0.25) is 5.91 Å². The first-order chi connectivity index (χ1) is 11.0. The zero-order valence-corrected chi connectivity index (χ0v) is 13.9. The number of benzene rings is 2. The molecule has 0 saturated carbocycles. The number of amides is 1. The summed E-state index contributed by atoms with van der Waals surface area (Å²) in [5.41, 5.74) is 10.8. The van der Waals surface area contributed by atoms with Crippen LogP contribution >= 0.6 is 11.6 Å². The van der Waals surface area contributed by atoms with Gasteiger partial charge in [-0.2, -0.15) is 0 Å². The van der Waals surface area contributed by atoms with Crippen molar-refractivity contribution in [3.8, 4) is 0 Å². The largest absolute Gasteiger partial charge is 0.398 e. The molecule has 0 bridgehead atoms. The van der Waals surface area contributed by atoms with Gasteiger partial charge >= 0.3 is 0 Å². The van der Waals surface area contributed by atoms with Gasteiger partial charge in [-0.1, -0.05) is 23.7 Å². The number of rotatable bonds is 3. The molecule has 120 valence electrons. The number of hydrogen-bond donors (Lipinski definition) is 2. The van der Waals surface area contributed by atoms with Gasteiger partial charge in [-0.3, -0.25) is 4.79 Å². The molecule has 0 aromatic heterocycles. The molecule has 0 unspecified atom stereocenters. The molecule has 0 radical (unpaired) electrons. The van der Waals surface area contributed by atoms with Crippen molar-refractivity contribution in [3.05, 3.63) is 52.5 Å². The number of anilines is 3. The Morgan fingerprint density at radius 1 is 1.35 bits per heavy atom. The third kappa shape index (κ3) is 3.42. The molecule has 1 amide bonds. The molecule has 1 heterocycles. The Labute approximate surface area is 141 Å². The van der Waals surface area contributed by atoms with Crippen LogP contribution in [0.25, 0.3) is 0 Å². The van der Waals surface area contributed by atoms with Gasteiger partial charge < -0.3 is 16.0 Å². The van der Waals surface area contributed by atoms with E-state index in [1.54, 1.807) is 6.07 Å². The minimum Gasteiger partial charge on any atom is -0.398 e. The summed E-state index contributed by atoms with van der Waals surface area (Å²) < 4.78 is 0. The average molecular weight is 330 g/mol. The number of carbonyl (C=O) groups is 1. The number of aryl methyl sites for hydroxylation is 1. The Morgan fingerprint density at radius 2 is 2.17 bits per heavy atom. The minimum absolute atomic E-state index is 0.0503. The number of nitrogens with one attached hydrogen (secondary N) is 1. The average Bonchev–Trinajstić information content (AvgIpc) is 2.52. The zero-order chi connectivity index (χ0) is 16.4. The summed E-state index contributed by atoms with van der Waals surface area (Å²) in [6, 6.07) is 11.4. The SMILES string of the molecule is Cc1ccc(Cl)cc1NC(=O)CN1CCCc2c(N)cccc21. The predicted molar refractivity (Wildman–Crippen MR) is 96.2 cm³/mol. The van der Waals surface area contributed by atoms with E-state index >= 15 is 0 Å². The standard InChI is InChI=1S/C18H20ClN3O/c1-12-7-8-13(19)10-16(12)21-18(23)11-22-9-3-4-14-15(20)5-2-6-17(14)22/h2,5-8,10H,3-4,9,11,20H2,1H3,(H,21,23). The Bertz CT molecular complexity index is 745. The van der Waals surface area contributed by atoms with Crippen molar-refractivity contribution < 1.29 is 4.79 Å². The number of fused-ring (bicyclic) bond motifs is 1. The van der Waals surface area contributed by atoms with Crippen molar-refractivity contribution in [1.29, 1.82) is 0 Å². The quantitative estimate of drug-likeness (QED) is 0.845. The van der Waals surface area contributed by atoms with Crippen LogP contribution in [-0.2, 0) is 11.2 Å². The number of nitrogens with two attached hydrogens (primary N) is 1. The van der Waals surface area contributed by atoms with Crippen molar-refractivity contribution in [2.45, 2.75) is 19.8 Å². The summed E-state index contributed by atoms with van der Waals surface area (Å²) in [6.07, 6.45) is 1.97. The lowest BCUT2D eigenvalue weighted by Crippen LogP contribution is -2.37. The Balaban J connectivity index is 1.74. The van der Waals surface area contributed by atoms with Crippen LogP contribution in [0, 0.1) is 6.92 Å². The maximum atomic E-state index is 12.4. The molecule has 0 spiro atoms. The molecular weight excluding hydrogens is 310 g/mol. The number of halogens is 1. The van der Waals surface area contributed by atoms with Gasteiger partial charge in [-0.15, -0.1) is 0 Å². The van der Waals surface area contributed by atoms with Gasteiger partial charge in [-0.05, 0) is 55.2 Å². The topological polar surface area (TPSA) is 58.4 Å². The maximum absolute atomic E-state index is 12.4. The van der Waals surface area contributed by atoms with E-state index < -0.39 is 0 Å². The van der Waals surface area contributed by atoms with Crippen molar-refractivity contribution in [1.82, 2.24) is 0 Å². The molecule has 2 aromatic rings. The van der Waals surface area contributed by atoms with Crippen molar-refractivity contribution in [2.75, 3.05) is 29.0 Å². The lowest BCUT2D eigenvalue weighted by Gasteiger charge is -2.31. The van der Waals surface area contributed by atoms with Crippen LogP contribution in [0.2, 0.25) is 5.02 Å². The maximum Gasteiger partial charge on any atom is 0.243 e.